The Balaban J connectivity index is 1.52. The van der Waals surface area contributed by atoms with E-state index in [-0.39, 0.29) is 26.5 Å². The summed E-state index contributed by atoms with van der Waals surface area (Å²) in [5, 5.41) is 0.952. The molecule has 5 rings (SSSR count). The maximum Gasteiger partial charge on any atom is 0.327 e. The predicted octanol–water partition coefficient (Wildman–Crippen LogP) is 5.34. The number of pyridine rings is 1. The van der Waals surface area contributed by atoms with Crippen molar-refractivity contribution in [2.24, 2.45) is 0 Å². The fraction of sp³-hybridized carbons (Fsp3) is 0.300. The lowest BCUT2D eigenvalue weighted by molar-refractivity contribution is -0.152. The number of ether oxygens (including phenoxy) is 2. The molecule has 13 heteroatoms. The van der Waals surface area contributed by atoms with Crippen LogP contribution in [0.1, 0.15) is 31.1 Å². The van der Waals surface area contributed by atoms with E-state index in [1.807, 2.05) is 0 Å². The monoisotopic (exact) mass is 644 g/mol. The number of sulfonamides is 1. The van der Waals surface area contributed by atoms with E-state index in [0.717, 1.165) is 4.31 Å². The third-order valence-corrected chi connectivity index (χ3v) is 8.80. The van der Waals surface area contributed by atoms with Gasteiger partial charge in [-0.3, -0.25) is 13.9 Å². The topological polar surface area (TPSA) is 111 Å². The second-order valence-corrected chi connectivity index (χ2v) is 13.7. The third-order valence-electron chi connectivity index (χ3n) is 6.62. The number of carbonyl (C=O) groups is 2. The number of rotatable bonds is 7. The lowest BCUT2D eigenvalue weighted by Crippen LogP contribution is -2.40. The van der Waals surface area contributed by atoms with Gasteiger partial charge in [0, 0.05) is 46.5 Å². The van der Waals surface area contributed by atoms with E-state index in [9.17, 15) is 18.0 Å². The van der Waals surface area contributed by atoms with Gasteiger partial charge in [-0.05, 0) is 75.4 Å². The zero-order valence-corrected chi connectivity index (χ0v) is 26.1. The van der Waals surface area contributed by atoms with Crippen molar-refractivity contribution >= 4 is 61.7 Å². The van der Waals surface area contributed by atoms with Gasteiger partial charge in [0.1, 0.15) is 18.0 Å². The number of carbonyl (C=O) groups excluding carboxylic acids is 2. The van der Waals surface area contributed by atoms with Crippen molar-refractivity contribution in [3.63, 3.8) is 0 Å². The van der Waals surface area contributed by atoms with E-state index in [1.54, 1.807) is 79.0 Å². The van der Waals surface area contributed by atoms with Gasteiger partial charge in [0.2, 0.25) is 0 Å². The van der Waals surface area contributed by atoms with Crippen LogP contribution in [0.5, 0.6) is 0 Å². The van der Waals surface area contributed by atoms with Crippen LogP contribution in [0.25, 0.3) is 16.7 Å². The van der Waals surface area contributed by atoms with Crippen LogP contribution >= 0.6 is 23.2 Å². The summed E-state index contributed by atoms with van der Waals surface area (Å²) >= 11 is 12.2. The number of esters is 1. The first kappa shape index (κ1) is 30.8. The van der Waals surface area contributed by atoms with Crippen LogP contribution in [0, 0.1) is 0 Å². The quantitative estimate of drug-likeness (QED) is 0.250. The molecular weight excluding hydrogens is 615 g/mol. The standard InChI is InChI=1S/C30H30Cl2N4O6S/c1-30(2,3)42-28(37)19-36(43(39,40)25-17-22(31)16-23(32)18-25)24-4-5-26-20(14-24)7-9-35(26)27-15-21(6-8-33-27)29(38)34-10-12-41-13-11-34/h4-9,14-18H,10-13,19H2,1-3H3. The number of morpholine rings is 1. The van der Waals surface area contributed by atoms with Gasteiger partial charge >= 0.3 is 5.97 Å². The Bertz CT molecular complexity index is 1780. The highest BCUT2D eigenvalue weighted by atomic mass is 35.5. The first-order valence-electron chi connectivity index (χ1n) is 13.5. The van der Waals surface area contributed by atoms with E-state index in [2.05, 4.69) is 4.98 Å². The van der Waals surface area contributed by atoms with Gasteiger partial charge in [-0.15, -0.1) is 0 Å². The molecule has 0 radical (unpaired) electrons. The molecule has 3 heterocycles. The Morgan fingerprint density at radius 3 is 2.37 bits per heavy atom. The smallest absolute Gasteiger partial charge is 0.327 e. The highest BCUT2D eigenvalue weighted by molar-refractivity contribution is 7.92. The third kappa shape index (κ3) is 6.96. The van der Waals surface area contributed by atoms with E-state index in [1.165, 1.54) is 18.2 Å². The molecule has 0 N–H and O–H groups in total. The van der Waals surface area contributed by atoms with Crippen molar-refractivity contribution < 1.29 is 27.5 Å². The maximum atomic E-state index is 13.9. The molecule has 2 aromatic carbocycles. The number of benzene rings is 2. The molecule has 1 amide bonds. The molecule has 0 aliphatic carbocycles. The Morgan fingerprint density at radius 2 is 1.70 bits per heavy atom. The summed E-state index contributed by atoms with van der Waals surface area (Å²) in [6.07, 6.45) is 3.36. The summed E-state index contributed by atoms with van der Waals surface area (Å²) in [7, 11) is -4.30. The fourth-order valence-corrected chi connectivity index (χ4v) is 6.86. The molecule has 4 aromatic rings. The molecule has 2 aromatic heterocycles. The zero-order chi connectivity index (χ0) is 30.9. The Hall–Kier alpha value is -3.64. The van der Waals surface area contributed by atoms with Gasteiger partial charge in [-0.25, -0.2) is 13.4 Å². The number of hydrogen-bond acceptors (Lipinski definition) is 7. The van der Waals surface area contributed by atoms with Gasteiger partial charge in [-0.2, -0.15) is 0 Å². The molecule has 0 saturated carbocycles. The lowest BCUT2D eigenvalue weighted by atomic mass is 10.2. The summed E-state index contributed by atoms with van der Waals surface area (Å²) in [6.45, 7) is 6.57. The second kappa shape index (κ2) is 12.2. The summed E-state index contributed by atoms with van der Waals surface area (Å²) in [6, 6.07) is 14.1. The van der Waals surface area contributed by atoms with Gasteiger partial charge in [0.05, 0.1) is 29.3 Å². The lowest BCUT2D eigenvalue weighted by Gasteiger charge is -2.27. The van der Waals surface area contributed by atoms with Gasteiger partial charge in [0.25, 0.3) is 15.9 Å². The number of nitrogens with zero attached hydrogens (tertiary/aromatic N) is 4. The summed E-state index contributed by atoms with van der Waals surface area (Å²) in [5.41, 5.74) is 0.627. The number of halogens is 2. The average Bonchev–Trinajstić information content (AvgIpc) is 3.38. The fourth-order valence-electron chi connectivity index (χ4n) is 4.73. The molecule has 43 heavy (non-hydrogen) atoms. The minimum atomic E-state index is -4.30. The molecule has 0 bridgehead atoms. The summed E-state index contributed by atoms with van der Waals surface area (Å²) in [4.78, 5) is 32.0. The van der Waals surface area contributed by atoms with Crippen LogP contribution in [-0.2, 0) is 24.3 Å². The Labute approximate surface area is 259 Å². The van der Waals surface area contributed by atoms with Crippen molar-refractivity contribution in [3.05, 3.63) is 82.6 Å². The maximum absolute atomic E-state index is 13.9. The number of amides is 1. The van der Waals surface area contributed by atoms with Crippen molar-refractivity contribution in [3.8, 4) is 5.82 Å². The normalized spacial score (nSPS) is 14.1. The van der Waals surface area contributed by atoms with Crippen LogP contribution in [0.2, 0.25) is 10.0 Å². The Kier molecular flexibility index (Phi) is 8.71. The first-order valence-corrected chi connectivity index (χ1v) is 15.7. The van der Waals surface area contributed by atoms with Gasteiger partial charge < -0.3 is 18.9 Å². The van der Waals surface area contributed by atoms with Crippen molar-refractivity contribution in [1.82, 2.24) is 14.5 Å². The van der Waals surface area contributed by atoms with Gasteiger partial charge in [0.15, 0.2) is 0 Å². The van der Waals surface area contributed by atoms with E-state index >= 15 is 0 Å². The van der Waals surface area contributed by atoms with Crippen molar-refractivity contribution in [2.45, 2.75) is 31.3 Å². The SMILES string of the molecule is CC(C)(C)OC(=O)CN(c1ccc2c(ccn2-c2cc(C(=O)N3CCOCC3)ccn2)c1)S(=O)(=O)c1cc(Cl)cc(Cl)c1. The van der Waals surface area contributed by atoms with Crippen LogP contribution in [0.3, 0.4) is 0 Å². The number of fused-ring (bicyclic) bond motifs is 1. The van der Waals surface area contributed by atoms with Crippen molar-refractivity contribution in [2.75, 3.05) is 37.2 Å². The molecule has 1 fully saturated rings. The minimum absolute atomic E-state index is 0.102. The van der Waals surface area contributed by atoms with E-state index in [0.29, 0.717) is 48.6 Å². The number of hydrogen-bond donors (Lipinski definition) is 0. The average molecular weight is 646 g/mol. The molecule has 10 nitrogen and oxygen atoms in total. The first-order chi connectivity index (χ1) is 20.3. The highest BCUT2D eigenvalue weighted by Crippen LogP contribution is 2.31. The molecule has 1 saturated heterocycles. The van der Waals surface area contributed by atoms with Crippen LogP contribution in [-0.4, -0.2) is 73.2 Å². The minimum Gasteiger partial charge on any atom is -0.459 e. The molecule has 1 aliphatic heterocycles. The molecule has 0 spiro atoms. The summed E-state index contributed by atoms with van der Waals surface area (Å²) < 4.78 is 41.3. The molecule has 0 unspecified atom stereocenters. The van der Waals surface area contributed by atoms with E-state index in [4.69, 9.17) is 32.7 Å². The van der Waals surface area contributed by atoms with Crippen molar-refractivity contribution in [1.29, 1.82) is 0 Å². The highest BCUT2D eigenvalue weighted by Gasteiger charge is 2.30. The van der Waals surface area contributed by atoms with E-state index < -0.39 is 28.1 Å². The number of anilines is 1. The molecule has 0 atom stereocenters. The molecule has 226 valence electrons. The predicted molar refractivity (Wildman–Crippen MR) is 165 cm³/mol. The summed E-state index contributed by atoms with van der Waals surface area (Å²) in [5.74, 6) is -0.309. The second-order valence-electron chi connectivity index (χ2n) is 10.9. The van der Waals surface area contributed by atoms with Crippen LogP contribution in [0.4, 0.5) is 5.69 Å². The zero-order valence-electron chi connectivity index (χ0n) is 23.8. The molecular formula is C30H30Cl2N4O6S. The van der Waals surface area contributed by atoms with Crippen LogP contribution in [0.15, 0.2) is 71.9 Å². The number of aromatic nitrogens is 2. The molecule has 1 aliphatic rings. The Morgan fingerprint density at radius 1 is 1.00 bits per heavy atom. The van der Waals surface area contributed by atoms with Gasteiger partial charge in [-0.1, -0.05) is 23.2 Å². The largest absolute Gasteiger partial charge is 0.459 e. The van der Waals surface area contributed by atoms with Crippen LogP contribution < -0.4 is 4.31 Å².